The van der Waals surface area contributed by atoms with Gasteiger partial charge in [-0.2, -0.15) is 0 Å². The van der Waals surface area contributed by atoms with Crippen LogP contribution in [0.25, 0.3) is 0 Å². The molecule has 0 aromatic rings. The Labute approximate surface area is 146 Å². The first-order chi connectivity index (χ1) is 11.4. The lowest BCUT2D eigenvalue weighted by Crippen LogP contribution is -2.50. The maximum absolute atomic E-state index is 12.5. The van der Waals surface area contributed by atoms with Crippen LogP contribution in [0.1, 0.15) is 44.9 Å². The third-order valence-corrected chi connectivity index (χ3v) is 5.57. The van der Waals surface area contributed by atoms with Gasteiger partial charge in [0.1, 0.15) is 0 Å². The highest BCUT2D eigenvalue weighted by Gasteiger charge is 2.28. The molecule has 138 valence electrons. The predicted octanol–water partition coefficient (Wildman–Crippen LogP) is 1.76. The maximum Gasteiger partial charge on any atom is 0.317 e. The molecular formula is C18H34N4O2. The highest BCUT2D eigenvalue weighted by molar-refractivity contribution is 5.76. The number of rotatable bonds is 4. The zero-order valence-electron chi connectivity index (χ0n) is 15.8. The van der Waals surface area contributed by atoms with Crippen LogP contribution < -0.4 is 5.32 Å². The van der Waals surface area contributed by atoms with Crippen LogP contribution in [0.15, 0.2) is 0 Å². The minimum atomic E-state index is 0.0804. The van der Waals surface area contributed by atoms with Gasteiger partial charge in [0.05, 0.1) is 0 Å². The summed E-state index contributed by atoms with van der Waals surface area (Å²) in [7, 11) is 7.84. The van der Waals surface area contributed by atoms with Crippen molar-refractivity contribution in [3.63, 3.8) is 0 Å². The molecule has 1 saturated heterocycles. The monoisotopic (exact) mass is 338 g/mol. The Balaban J connectivity index is 1.73. The average molecular weight is 338 g/mol. The van der Waals surface area contributed by atoms with E-state index in [2.05, 4.69) is 24.3 Å². The lowest BCUT2D eigenvalue weighted by atomic mass is 9.90. The van der Waals surface area contributed by atoms with Gasteiger partial charge in [0, 0.05) is 45.7 Å². The normalized spacial score (nSPS) is 25.6. The van der Waals surface area contributed by atoms with Gasteiger partial charge in [-0.15, -0.1) is 0 Å². The first kappa shape index (κ1) is 19.0. The molecule has 1 aliphatic heterocycles. The molecule has 1 N–H and O–H groups in total. The molecule has 2 atom stereocenters. The Hall–Kier alpha value is -1.30. The van der Waals surface area contributed by atoms with Crippen molar-refractivity contribution < 1.29 is 9.59 Å². The number of amides is 3. The molecule has 3 amide bonds. The van der Waals surface area contributed by atoms with Crippen molar-refractivity contribution in [3.05, 3.63) is 0 Å². The van der Waals surface area contributed by atoms with Gasteiger partial charge in [-0.3, -0.25) is 4.79 Å². The van der Waals surface area contributed by atoms with Crippen LogP contribution in [0, 0.1) is 5.92 Å². The number of hydrogen-bond acceptors (Lipinski definition) is 3. The average Bonchev–Trinajstić information content (AvgIpc) is 2.55. The summed E-state index contributed by atoms with van der Waals surface area (Å²) in [5.41, 5.74) is 0. The largest absolute Gasteiger partial charge is 0.349 e. The molecule has 2 fully saturated rings. The van der Waals surface area contributed by atoms with E-state index in [9.17, 15) is 9.59 Å². The number of nitrogens with one attached hydrogen (secondary N) is 1. The molecule has 0 unspecified atom stereocenters. The van der Waals surface area contributed by atoms with Gasteiger partial charge < -0.3 is 20.0 Å². The number of urea groups is 1. The van der Waals surface area contributed by atoms with Crippen molar-refractivity contribution in [3.8, 4) is 0 Å². The maximum atomic E-state index is 12.5. The minimum absolute atomic E-state index is 0.0804. The van der Waals surface area contributed by atoms with Crippen molar-refractivity contribution in [1.82, 2.24) is 20.0 Å². The number of carbonyl (C=O) groups is 2. The van der Waals surface area contributed by atoms with Crippen LogP contribution >= 0.6 is 0 Å². The van der Waals surface area contributed by atoms with Crippen molar-refractivity contribution >= 4 is 11.9 Å². The van der Waals surface area contributed by atoms with Crippen LogP contribution in [0.5, 0.6) is 0 Å². The topological polar surface area (TPSA) is 55.9 Å². The van der Waals surface area contributed by atoms with Gasteiger partial charge in [-0.25, -0.2) is 4.79 Å². The highest BCUT2D eigenvalue weighted by Crippen LogP contribution is 2.23. The molecule has 0 aromatic carbocycles. The van der Waals surface area contributed by atoms with E-state index >= 15 is 0 Å². The number of nitrogens with zero attached hydrogens (tertiary/aromatic N) is 3. The van der Waals surface area contributed by atoms with Gasteiger partial charge in [0.15, 0.2) is 0 Å². The molecular weight excluding hydrogens is 304 g/mol. The summed E-state index contributed by atoms with van der Waals surface area (Å²) in [5, 5.41) is 3.23. The lowest BCUT2D eigenvalue weighted by molar-refractivity contribution is -0.129. The first-order valence-corrected chi connectivity index (χ1v) is 9.28. The van der Waals surface area contributed by atoms with Crippen molar-refractivity contribution in [2.24, 2.45) is 5.92 Å². The zero-order valence-corrected chi connectivity index (χ0v) is 15.8. The minimum Gasteiger partial charge on any atom is -0.349 e. The Morgan fingerprint density at radius 1 is 1.04 bits per heavy atom. The molecule has 2 aliphatic rings. The van der Waals surface area contributed by atoms with Crippen molar-refractivity contribution in [1.29, 1.82) is 0 Å². The fourth-order valence-corrected chi connectivity index (χ4v) is 3.80. The SMILES string of the molecule is CN(C)C(=O)CC1CCN(C(=O)N[C@@H]2CCC[C@@H](N(C)C)C2)CC1. The first-order valence-electron chi connectivity index (χ1n) is 9.28. The van der Waals surface area contributed by atoms with Gasteiger partial charge >= 0.3 is 6.03 Å². The number of piperidine rings is 1. The van der Waals surface area contributed by atoms with E-state index in [4.69, 9.17) is 0 Å². The molecule has 6 heteroatoms. The summed E-state index contributed by atoms with van der Waals surface area (Å²) < 4.78 is 0. The Morgan fingerprint density at radius 2 is 1.71 bits per heavy atom. The Bertz CT molecular complexity index is 431. The summed E-state index contributed by atoms with van der Waals surface area (Å²) in [6, 6.07) is 0.954. The fourth-order valence-electron chi connectivity index (χ4n) is 3.80. The van der Waals surface area contributed by atoms with Crippen molar-refractivity contribution in [2.45, 2.75) is 57.0 Å². The fraction of sp³-hybridized carbons (Fsp3) is 0.889. The molecule has 24 heavy (non-hydrogen) atoms. The highest BCUT2D eigenvalue weighted by atomic mass is 16.2. The smallest absolute Gasteiger partial charge is 0.317 e. The number of carbonyl (C=O) groups excluding carboxylic acids is 2. The van der Waals surface area contributed by atoms with Gasteiger partial charge in [0.2, 0.25) is 5.91 Å². The Morgan fingerprint density at radius 3 is 2.29 bits per heavy atom. The molecule has 1 heterocycles. The molecule has 2 rings (SSSR count). The zero-order chi connectivity index (χ0) is 17.7. The van der Waals surface area contributed by atoms with Crippen LogP contribution in [-0.2, 0) is 4.79 Å². The summed E-state index contributed by atoms with van der Waals surface area (Å²) in [5.74, 6) is 0.603. The molecule has 1 aliphatic carbocycles. The second-order valence-electron chi connectivity index (χ2n) is 7.85. The molecule has 0 spiro atoms. The standard InChI is InChI=1S/C18H34N4O2/c1-20(2)16-7-5-6-15(13-16)19-18(24)22-10-8-14(9-11-22)12-17(23)21(3)4/h14-16H,5-13H2,1-4H3,(H,19,24)/t15-,16-/m1/s1. The molecule has 0 aromatic heterocycles. The van der Waals surface area contributed by atoms with E-state index < -0.39 is 0 Å². The summed E-state index contributed by atoms with van der Waals surface area (Å²) in [4.78, 5) is 30.2. The summed E-state index contributed by atoms with van der Waals surface area (Å²) >= 11 is 0. The third kappa shape index (κ3) is 5.36. The quantitative estimate of drug-likeness (QED) is 0.850. The van der Waals surface area contributed by atoms with Crippen LogP contribution in [0.3, 0.4) is 0 Å². The summed E-state index contributed by atoms with van der Waals surface area (Å²) in [6.07, 6.45) is 7.01. The predicted molar refractivity (Wildman–Crippen MR) is 95.9 cm³/mol. The second-order valence-corrected chi connectivity index (χ2v) is 7.85. The van der Waals surface area contributed by atoms with Crippen LogP contribution in [0.2, 0.25) is 0 Å². The van der Waals surface area contributed by atoms with Gasteiger partial charge in [0.25, 0.3) is 0 Å². The van der Waals surface area contributed by atoms with E-state index in [1.165, 1.54) is 12.8 Å². The van der Waals surface area contributed by atoms with E-state index in [1.54, 1.807) is 19.0 Å². The van der Waals surface area contributed by atoms with Gasteiger partial charge in [-0.05, 0) is 58.5 Å². The number of likely N-dealkylation sites (tertiary alicyclic amines) is 1. The molecule has 0 radical (unpaired) electrons. The molecule has 0 bridgehead atoms. The Kier molecular flexibility index (Phi) is 6.90. The second kappa shape index (κ2) is 8.70. The van der Waals surface area contributed by atoms with E-state index in [0.717, 1.165) is 38.8 Å². The molecule has 6 nitrogen and oxygen atoms in total. The van der Waals surface area contributed by atoms with Crippen molar-refractivity contribution in [2.75, 3.05) is 41.3 Å². The lowest BCUT2D eigenvalue weighted by Gasteiger charge is -2.36. The van der Waals surface area contributed by atoms with Gasteiger partial charge in [-0.1, -0.05) is 0 Å². The van der Waals surface area contributed by atoms with E-state index in [1.807, 2.05) is 4.90 Å². The van der Waals surface area contributed by atoms with Crippen LogP contribution in [-0.4, -0.2) is 80.0 Å². The van der Waals surface area contributed by atoms with Crippen LogP contribution in [0.4, 0.5) is 4.79 Å². The third-order valence-electron chi connectivity index (χ3n) is 5.57. The van der Waals surface area contributed by atoms with E-state index in [-0.39, 0.29) is 11.9 Å². The van der Waals surface area contributed by atoms with E-state index in [0.29, 0.717) is 24.4 Å². The molecule has 1 saturated carbocycles. The number of hydrogen-bond donors (Lipinski definition) is 1. The summed E-state index contributed by atoms with van der Waals surface area (Å²) in [6.45, 7) is 1.53.